The Morgan fingerprint density at radius 2 is 2.00 bits per heavy atom. The molecule has 86 valence electrons. The van der Waals surface area contributed by atoms with Gasteiger partial charge in [0.15, 0.2) is 0 Å². The highest BCUT2D eigenvalue weighted by molar-refractivity contribution is 5.51. The van der Waals surface area contributed by atoms with Gasteiger partial charge in [-0.1, -0.05) is 42.4 Å². The van der Waals surface area contributed by atoms with Gasteiger partial charge in [-0.15, -0.1) is 0 Å². The monoisotopic (exact) mass is 215 g/mol. The minimum absolute atomic E-state index is 0.150. The van der Waals surface area contributed by atoms with E-state index in [9.17, 15) is 0 Å². The van der Waals surface area contributed by atoms with Crippen LogP contribution in [-0.4, -0.2) is 6.04 Å². The summed E-state index contributed by atoms with van der Waals surface area (Å²) in [5, 5.41) is 0. The zero-order chi connectivity index (χ0) is 11.7. The van der Waals surface area contributed by atoms with Gasteiger partial charge in [0.2, 0.25) is 0 Å². The molecule has 0 amide bonds. The van der Waals surface area contributed by atoms with Crippen molar-refractivity contribution in [2.45, 2.75) is 39.7 Å². The zero-order valence-corrected chi connectivity index (χ0v) is 10.5. The summed E-state index contributed by atoms with van der Waals surface area (Å²) in [5.74, 6) is 0.441. The van der Waals surface area contributed by atoms with Crippen LogP contribution in [0.3, 0.4) is 0 Å². The van der Waals surface area contributed by atoms with Crippen LogP contribution in [0.2, 0.25) is 0 Å². The third-order valence-corrected chi connectivity index (χ3v) is 3.67. The van der Waals surface area contributed by atoms with Crippen molar-refractivity contribution in [1.82, 2.24) is 0 Å². The first-order valence-corrected chi connectivity index (χ1v) is 6.11. The second-order valence-electron chi connectivity index (χ2n) is 5.08. The van der Waals surface area contributed by atoms with Gasteiger partial charge in [0, 0.05) is 6.04 Å². The third kappa shape index (κ3) is 2.05. The van der Waals surface area contributed by atoms with E-state index >= 15 is 0 Å². The van der Waals surface area contributed by atoms with Crippen molar-refractivity contribution in [2.75, 3.05) is 0 Å². The Bertz CT molecular complexity index is 407. The van der Waals surface area contributed by atoms with Crippen molar-refractivity contribution in [3.8, 4) is 0 Å². The van der Waals surface area contributed by atoms with Gasteiger partial charge >= 0.3 is 0 Å². The molecule has 0 radical (unpaired) electrons. The molecule has 0 heterocycles. The Hall–Kier alpha value is -1.08. The first-order chi connectivity index (χ1) is 7.59. The molecule has 0 aliphatic heterocycles. The van der Waals surface area contributed by atoms with Crippen LogP contribution in [0.15, 0.2) is 46.6 Å². The SMILES string of the molecule is CC1=CC(C2=CC=CC(C)C2N)=C(C)CC1. The number of allylic oxidation sites excluding steroid dienone is 5. The molecule has 0 saturated carbocycles. The van der Waals surface area contributed by atoms with Gasteiger partial charge in [-0.25, -0.2) is 0 Å². The highest BCUT2D eigenvalue weighted by atomic mass is 14.7. The third-order valence-electron chi connectivity index (χ3n) is 3.67. The van der Waals surface area contributed by atoms with E-state index in [-0.39, 0.29) is 6.04 Å². The average molecular weight is 215 g/mol. The lowest BCUT2D eigenvalue weighted by Gasteiger charge is -2.27. The fraction of sp³-hybridized carbons (Fsp3) is 0.467. The highest BCUT2D eigenvalue weighted by Crippen LogP contribution is 2.32. The predicted octanol–water partition coefficient (Wildman–Crippen LogP) is 3.50. The van der Waals surface area contributed by atoms with E-state index in [2.05, 4.69) is 45.1 Å². The summed E-state index contributed by atoms with van der Waals surface area (Å²) in [6.07, 6.45) is 11.2. The first kappa shape index (κ1) is 11.4. The molecule has 16 heavy (non-hydrogen) atoms. The molecule has 0 fully saturated rings. The molecule has 0 aromatic rings. The Balaban J connectivity index is 2.38. The molecule has 2 aliphatic rings. The molecule has 2 atom stereocenters. The average Bonchev–Trinajstić information content (AvgIpc) is 2.26. The van der Waals surface area contributed by atoms with Crippen LogP contribution in [0, 0.1) is 5.92 Å². The van der Waals surface area contributed by atoms with Gasteiger partial charge in [0.1, 0.15) is 0 Å². The summed E-state index contributed by atoms with van der Waals surface area (Å²) in [6.45, 7) is 6.62. The molecule has 2 aliphatic carbocycles. The zero-order valence-electron chi connectivity index (χ0n) is 10.5. The molecule has 0 saturated heterocycles. The lowest BCUT2D eigenvalue weighted by atomic mass is 9.81. The molecule has 0 aromatic carbocycles. The van der Waals surface area contributed by atoms with E-state index < -0.39 is 0 Å². The number of hydrogen-bond donors (Lipinski definition) is 1. The smallest absolute Gasteiger partial charge is 0.0361 e. The maximum atomic E-state index is 6.28. The standard InChI is InChI=1S/C15H21N/c1-10-7-8-11(2)14(9-10)13-6-4-5-12(3)15(13)16/h4-6,9,12,15H,7-8,16H2,1-3H3. The molecule has 2 unspecified atom stereocenters. The summed E-state index contributed by atoms with van der Waals surface area (Å²) in [7, 11) is 0. The van der Waals surface area contributed by atoms with Crippen LogP contribution < -0.4 is 5.73 Å². The largest absolute Gasteiger partial charge is 0.323 e. The molecular formula is C15H21N. The minimum atomic E-state index is 0.150. The summed E-state index contributed by atoms with van der Waals surface area (Å²) >= 11 is 0. The predicted molar refractivity (Wildman–Crippen MR) is 70.1 cm³/mol. The van der Waals surface area contributed by atoms with E-state index in [4.69, 9.17) is 5.73 Å². The minimum Gasteiger partial charge on any atom is -0.323 e. The quantitative estimate of drug-likeness (QED) is 0.711. The Kier molecular flexibility index (Phi) is 3.15. The summed E-state index contributed by atoms with van der Waals surface area (Å²) in [4.78, 5) is 0. The summed E-state index contributed by atoms with van der Waals surface area (Å²) in [5.41, 5.74) is 11.9. The van der Waals surface area contributed by atoms with Gasteiger partial charge in [-0.2, -0.15) is 0 Å². The molecule has 1 nitrogen and oxygen atoms in total. The van der Waals surface area contributed by atoms with E-state index in [1.165, 1.54) is 35.1 Å². The molecule has 0 bridgehead atoms. The van der Waals surface area contributed by atoms with Crippen LogP contribution in [-0.2, 0) is 0 Å². The fourth-order valence-electron chi connectivity index (χ4n) is 2.41. The second-order valence-corrected chi connectivity index (χ2v) is 5.08. The highest BCUT2D eigenvalue weighted by Gasteiger charge is 2.22. The number of nitrogens with two attached hydrogens (primary N) is 1. The number of hydrogen-bond acceptors (Lipinski definition) is 1. The van der Waals surface area contributed by atoms with E-state index in [0.29, 0.717) is 5.92 Å². The molecule has 1 heteroatoms. The van der Waals surface area contributed by atoms with E-state index in [1.807, 2.05) is 0 Å². The van der Waals surface area contributed by atoms with Gasteiger partial charge in [0.05, 0.1) is 0 Å². The second kappa shape index (κ2) is 4.42. The van der Waals surface area contributed by atoms with Crippen LogP contribution in [0.5, 0.6) is 0 Å². The maximum absolute atomic E-state index is 6.28. The van der Waals surface area contributed by atoms with Gasteiger partial charge in [-0.3, -0.25) is 0 Å². The molecule has 0 spiro atoms. The normalized spacial score (nSPS) is 30.2. The van der Waals surface area contributed by atoms with E-state index in [0.717, 1.165) is 0 Å². The van der Waals surface area contributed by atoms with Gasteiger partial charge in [-0.05, 0) is 43.8 Å². The fourth-order valence-corrected chi connectivity index (χ4v) is 2.41. The van der Waals surface area contributed by atoms with Crippen LogP contribution >= 0.6 is 0 Å². The van der Waals surface area contributed by atoms with Crippen molar-refractivity contribution < 1.29 is 0 Å². The van der Waals surface area contributed by atoms with Crippen molar-refractivity contribution in [1.29, 1.82) is 0 Å². The van der Waals surface area contributed by atoms with Crippen molar-refractivity contribution in [3.05, 3.63) is 46.6 Å². The molecule has 2 N–H and O–H groups in total. The van der Waals surface area contributed by atoms with Crippen molar-refractivity contribution in [3.63, 3.8) is 0 Å². The van der Waals surface area contributed by atoms with E-state index in [1.54, 1.807) is 0 Å². The lowest BCUT2D eigenvalue weighted by Crippen LogP contribution is -2.32. The summed E-state index contributed by atoms with van der Waals surface area (Å²) < 4.78 is 0. The Labute approximate surface area is 98.4 Å². The molecule has 0 aromatic heterocycles. The van der Waals surface area contributed by atoms with Crippen molar-refractivity contribution in [2.24, 2.45) is 11.7 Å². The van der Waals surface area contributed by atoms with Crippen LogP contribution in [0.25, 0.3) is 0 Å². The molecular weight excluding hydrogens is 194 g/mol. The van der Waals surface area contributed by atoms with Gasteiger partial charge in [0.25, 0.3) is 0 Å². The van der Waals surface area contributed by atoms with Crippen LogP contribution in [0.1, 0.15) is 33.6 Å². The van der Waals surface area contributed by atoms with Gasteiger partial charge < -0.3 is 5.73 Å². The lowest BCUT2D eigenvalue weighted by molar-refractivity contribution is 0.600. The Morgan fingerprint density at radius 3 is 2.75 bits per heavy atom. The van der Waals surface area contributed by atoms with Crippen molar-refractivity contribution >= 4 is 0 Å². The number of rotatable bonds is 1. The maximum Gasteiger partial charge on any atom is 0.0361 e. The first-order valence-electron chi connectivity index (χ1n) is 6.11. The molecule has 2 rings (SSSR count). The topological polar surface area (TPSA) is 26.0 Å². The summed E-state index contributed by atoms with van der Waals surface area (Å²) in [6, 6.07) is 0.150. The Morgan fingerprint density at radius 1 is 1.25 bits per heavy atom. The van der Waals surface area contributed by atoms with Crippen LogP contribution in [0.4, 0.5) is 0 Å².